The van der Waals surface area contributed by atoms with Gasteiger partial charge in [-0.1, -0.05) is 12.8 Å². The summed E-state index contributed by atoms with van der Waals surface area (Å²) in [5.41, 5.74) is 0. The molecule has 0 atom stereocenters. The highest BCUT2D eigenvalue weighted by molar-refractivity contribution is 5.91. The van der Waals surface area contributed by atoms with E-state index in [1.165, 1.54) is 12.8 Å². The van der Waals surface area contributed by atoms with Gasteiger partial charge in [-0.2, -0.15) is 5.10 Å². The average Bonchev–Trinajstić information content (AvgIpc) is 3.20. The molecule has 0 spiro atoms. The van der Waals surface area contributed by atoms with E-state index in [2.05, 4.69) is 20.2 Å². The lowest BCUT2D eigenvalue weighted by atomic mass is 10.2. The quantitative estimate of drug-likeness (QED) is 0.800. The molecule has 128 valence electrons. The molecular formula is C16H27N5O2. The van der Waals surface area contributed by atoms with Crippen LogP contribution in [0.5, 0.6) is 0 Å². The number of nitrogens with one attached hydrogen (secondary N) is 1. The number of aliphatic hydroxyl groups is 1. The lowest BCUT2D eigenvalue weighted by Gasteiger charge is -2.33. The van der Waals surface area contributed by atoms with Gasteiger partial charge in [0.25, 0.3) is 0 Å². The molecule has 1 saturated carbocycles. The zero-order valence-electron chi connectivity index (χ0n) is 13.7. The summed E-state index contributed by atoms with van der Waals surface area (Å²) in [5.74, 6) is 0.848. The van der Waals surface area contributed by atoms with Crippen LogP contribution in [-0.2, 0) is 4.79 Å². The highest BCUT2D eigenvalue weighted by Gasteiger charge is 2.22. The maximum Gasteiger partial charge on any atom is 0.239 e. The number of aromatic nitrogens is 2. The molecule has 1 saturated heterocycles. The van der Waals surface area contributed by atoms with Crippen LogP contribution in [0.4, 0.5) is 5.82 Å². The maximum atomic E-state index is 12.3. The Kier molecular flexibility index (Phi) is 5.64. The Morgan fingerprint density at radius 2 is 1.91 bits per heavy atom. The summed E-state index contributed by atoms with van der Waals surface area (Å²) in [6.45, 7) is 4.90. The Morgan fingerprint density at radius 1 is 1.22 bits per heavy atom. The predicted octanol–water partition coefficient (Wildman–Crippen LogP) is 0.547. The standard InChI is InChI=1S/C16H27N5O2/c22-12-11-19-7-9-20(10-8-19)13-16(23)18-15-5-6-17-21(15)14-3-1-2-4-14/h5-6,14,22H,1-4,7-13H2,(H,18,23). The Bertz CT molecular complexity index is 504. The molecule has 2 N–H and O–H groups in total. The van der Waals surface area contributed by atoms with Gasteiger partial charge in [-0.15, -0.1) is 0 Å². The summed E-state index contributed by atoms with van der Waals surface area (Å²) in [5, 5.41) is 16.4. The first kappa shape index (κ1) is 16.4. The number of piperazine rings is 1. The van der Waals surface area contributed by atoms with Crippen molar-refractivity contribution in [1.29, 1.82) is 0 Å². The van der Waals surface area contributed by atoms with Gasteiger partial charge in [-0.05, 0) is 12.8 Å². The van der Waals surface area contributed by atoms with Crippen molar-refractivity contribution in [2.75, 3.05) is 51.2 Å². The van der Waals surface area contributed by atoms with Crippen LogP contribution in [0.2, 0.25) is 0 Å². The largest absolute Gasteiger partial charge is 0.395 e. The molecule has 1 aromatic rings. The number of aliphatic hydroxyl groups excluding tert-OH is 1. The molecule has 23 heavy (non-hydrogen) atoms. The average molecular weight is 321 g/mol. The van der Waals surface area contributed by atoms with Crippen LogP contribution in [0.25, 0.3) is 0 Å². The molecule has 1 amide bonds. The first-order valence-electron chi connectivity index (χ1n) is 8.65. The molecule has 0 bridgehead atoms. The molecule has 2 aliphatic rings. The van der Waals surface area contributed by atoms with E-state index in [4.69, 9.17) is 5.11 Å². The van der Waals surface area contributed by atoms with Crippen molar-refractivity contribution in [3.8, 4) is 0 Å². The van der Waals surface area contributed by atoms with E-state index in [0.717, 1.165) is 51.4 Å². The third-order valence-corrected chi connectivity index (χ3v) is 4.86. The molecule has 3 rings (SSSR count). The predicted molar refractivity (Wildman–Crippen MR) is 88.3 cm³/mol. The van der Waals surface area contributed by atoms with Gasteiger partial charge in [0, 0.05) is 38.8 Å². The second-order valence-corrected chi connectivity index (χ2v) is 6.49. The van der Waals surface area contributed by atoms with Crippen molar-refractivity contribution in [1.82, 2.24) is 19.6 Å². The van der Waals surface area contributed by atoms with Crippen molar-refractivity contribution in [3.63, 3.8) is 0 Å². The van der Waals surface area contributed by atoms with Crippen LogP contribution in [0.15, 0.2) is 12.3 Å². The molecule has 1 aromatic heterocycles. The van der Waals surface area contributed by atoms with Crippen LogP contribution in [0.3, 0.4) is 0 Å². The minimum atomic E-state index is 0.0281. The lowest BCUT2D eigenvalue weighted by molar-refractivity contribution is -0.117. The van der Waals surface area contributed by atoms with Gasteiger partial charge in [-0.25, -0.2) is 4.68 Å². The van der Waals surface area contributed by atoms with Gasteiger partial charge in [0.05, 0.1) is 25.4 Å². The fourth-order valence-corrected chi connectivity index (χ4v) is 3.55. The second-order valence-electron chi connectivity index (χ2n) is 6.49. The van der Waals surface area contributed by atoms with Crippen molar-refractivity contribution >= 4 is 11.7 Å². The summed E-state index contributed by atoms with van der Waals surface area (Å²) in [7, 11) is 0. The minimum Gasteiger partial charge on any atom is -0.395 e. The number of carbonyl (C=O) groups excluding carboxylic acids is 1. The molecule has 7 heteroatoms. The number of amides is 1. The summed E-state index contributed by atoms with van der Waals surface area (Å²) in [4.78, 5) is 16.7. The first-order chi connectivity index (χ1) is 11.3. The van der Waals surface area contributed by atoms with E-state index in [-0.39, 0.29) is 12.5 Å². The fourth-order valence-electron chi connectivity index (χ4n) is 3.55. The molecule has 7 nitrogen and oxygen atoms in total. The van der Waals surface area contributed by atoms with E-state index in [9.17, 15) is 4.79 Å². The smallest absolute Gasteiger partial charge is 0.239 e. The normalized spacial score (nSPS) is 20.9. The molecule has 0 aromatic carbocycles. The topological polar surface area (TPSA) is 73.6 Å². The SMILES string of the molecule is O=C(CN1CCN(CCO)CC1)Nc1ccnn1C1CCCC1. The van der Waals surface area contributed by atoms with Gasteiger partial charge < -0.3 is 10.4 Å². The molecule has 1 aliphatic carbocycles. The Labute approximate surface area is 137 Å². The van der Waals surface area contributed by atoms with Crippen LogP contribution in [0.1, 0.15) is 31.7 Å². The Hall–Kier alpha value is -1.44. The minimum absolute atomic E-state index is 0.0281. The maximum absolute atomic E-state index is 12.3. The number of anilines is 1. The Balaban J connectivity index is 1.48. The number of nitrogens with zero attached hydrogens (tertiary/aromatic N) is 4. The van der Waals surface area contributed by atoms with E-state index in [1.807, 2.05) is 10.7 Å². The van der Waals surface area contributed by atoms with Gasteiger partial charge in [0.2, 0.25) is 5.91 Å². The van der Waals surface area contributed by atoms with Crippen LogP contribution >= 0.6 is 0 Å². The summed E-state index contributed by atoms with van der Waals surface area (Å²) < 4.78 is 1.98. The van der Waals surface area contributed by atoms with Gasteiger partial charge in [0.1, 0.15) is 5.82 Å². The highest BCUT2D eigenvalue weighted by Crippen LogP contribution is 2.31. The zero-order chi connectivity index (χ0) is 16.1. The van der Waals surface area contributed by atoms with Gasteiger partial charge in [-0.3, -0.25) is 14.6 Å². The molecule has 2 heterocycles. The van der Waals surface area contributed by atoms with Crippen molar-refractivity contribution in [3.05, 3.63) is 12.3 Å². The van der Waals surface area contributed by atoms with E-state index in [0.29, 0.717) is 12.6 Å². The monoisotopic (exact) mass is 321 g/mol. The summed E-state index contributed by atoms with van der Waals surface area (Å²) in [6.07, 6.45) is 6.56. The Morgan fingerprint density at radius 3 is 2.61 bits per heavy atom. The third-order valence-electron chi connectivity index (χ3n) is 4.86. The molecule has 0 unspecified atom stereocenters. The zero-order valence-corrected chi connectivity index (χ0v) is 13.7. The van der Waals surface area contributed by atoms with Crippen molar-refractivity contribution in [2.45, 2.75) is 31.7 Å². The number of carbonyl (C=O) groups is 1. The number of hydrogen-bond acceptors (Lipinski definition) is 5. The third kappa shape index (κ3) is 4.31. The van der Waals surface area contributed by atoms with Gasteiger partial charge >= 0.3 is 0 Å². The van der Waals surface area contributed by atoms with Crippen LogP contribution in [0, 0.1) is 0 Å². The van der Waals surface area contributed by atoms with E-state index in [1.54, 1.807) is 6.20 Å². The van der Waals surface area contributed by atoms with E-state index < -0.39 is 0 Å². The van der Waals surface area contributed by atoms with Crippen LogP contribution < -0.4 is 5.32 Å². The number of hydrogen-bond donors (Lipinski definition) is 2. The van der Waals surface area contributed by atoms with Gasteiger partial charge in [0.15, 0.2) is 0 Å². The van der Waals surface area contributed by atoms with Crippen molar-refractivity contribution in [2.24, 2.45) is 0 Å². The highest BCUT2D eigenvalue weighted by atomic mass is 16.3. The molecule has 0 radical (unpaired) electrons. The molecule has 2 fully saturated rings. The lowest BCUT2D eigenvalue weighted by Crippen LogP contribution is -2.49. The second kappa shape index (κ2) is 7.90. The van der Waals surface area contributed by atoms with E-state index >= 15 is 0 Å². The molecule has 1 aliphatic heterocycles. The number of rotatable bonds is 6. The number of β-amino-alcohol motifs (C(OH)–C–C–N with tert-alkyl or cyclic N) is 1. The summed E-state index contributed by atoms with van der Waals surface area (Å²) >= 11 is 0. The van der Waals surface area contributed by atoms with Crippen molar-refractivity contribution < 1.29 is 9.90 Å². The van der Waals surface area contributed by atoms with Crippen LogP contribution in [-0.4, -0.2) is 76.5 Å². The summed E-state index contributed by atoms with van der Waals surface area (Å²) in [6, 6.07) is 2.32. The fraction of sp³-hybridized carbons (Fsp3) is 0.750. The first-order valence-corrected chi connectivity index (χ1v) is 8.65. The molecular weight excluding hydrogens is 294 g/mol.